The van der Waals surface area contributed by atoms with E-state index < -0.39 is 0 Å². The first-order valence-corrected chi connectivity index (χ1v) is 8.67. The van der Waals surface area contributed by atoms with Crippen molar-refractivity contribution in [2.75, 3.05) is 41.7 Å². The molecule has 132 valence electrons. The Bertz CT molecular complexity index is 875. The molecule has 0 radical (unpaired) electrons. The second kappa shape index (κ2) is 6.95. The van der Waals surface area contributed by atoms with Gasteiger partial charge in [0, 0.05) is 55.9 Å². The molecule has 0 spiro atoms. The van der Waals surface area contributed by atoms with Crippen LogP contribution in [0.1, 0.15) is 5.69 Å². The summed E-state index contributed by atoms with van der Waals surface area (Å²) < 4.78 is 0. The van der Waals surface area contributed by atoms with Gasteiger partial charge in [-0.05, 0) is 25.1 Å². The van der Waals surface area contributed by atoms with Crippen LogP contribution >= 0.6 is 0 Å². The van der Waals surface area contributed by atoms with Gasteiger partial charge in [0.1, 0.15) is 5.82 Å². The third-order valence-corrected chi connectivity index (χ3v) is 4.63. The van der Waals surface area contributed by atoms with Crippen LogP contribution in [0.5, 0.6) is 0 Å². The van der Waals surface area contributed by atoms with Crippen LogP contribution in [0.2, 0.25) is 0 Å². The van der Waals surface area contributed by atoms with E-state index in [-0.39, 0.29) is 0 Å². The van der Waals surface area contributed by atoms with Crippen molar-refractivity contribution < 1.29 is 0 Å². The largest absolute Gasteiger partial charge is 0.368 e. The van der Waals surface area contributed by atoms with Crippen molar-refractivity contribution in [1.29, 1.82) is 0 Å². The highest BCUT2D eigenvalue weighted by Gasteiger charge is 2.23. The van der Waals surface area contributed by atoms with Crippen molar-refractivity contribution in [3.63, 3.8) is 0 Å². The molecular formula is C19H21N7. The van der Waals surface area contributed by atoms with E-state index >= 15 is 0 Å². The summed E-state index contributed by atoms with van der Waals surface area (Å²) in [6.07, 6.45) is 7.32. The van der Waals surface area contributed by atoms with E-state index in [0.717, 1.165) is 54.5 Å². The summed E-state index contributed by atoms with van der Waals surface area (Å²) >= 11 is 0. The van der Waals surface area contributed by atoms with Crippen LogP contribution in [0, 0.1) is 6.92 Å². The third-order valence-electron chi connectivity index (χ3n) is 4.63. The standard InChI is InChI=1S/C19H21N7/c1-14-17(15-4-2-6-21-12-15)18(24-19(20)23-14)26-10-8-25(9-11-26)16-5-3-7-22-13-16/h2-7,12-13H,8-11H2,1H3,(H2,20,23,24). The molecule has 7 heteroatoms. The molecule has 0 aliphatic carbocycles. The van der Waals surface area contributed by atoms with Crippen molar-refractivity contribution >= 4 is 17.5 Å². The first-order chi connectivity index (χ1) is 12.7. The molecule has 1 fully saturated rings. The average molecular weight is 347 g/mol. The summed E-state index contributed by atoms with van der Waals surface area (Å²) in [5.74, 6) is 1.19. The van der Waals surface area contributed by atoms with Gasteiger partial charge in [-0.25, -0.2) is 4.98 Å². The Labute approximate surface area is 152 Å². The van der Waals surface area contributed by atoms with Gasteiger partial charge in [0.15, 0.2) is 0 Å². The zero-order chi connectivity index (χ0) is 17.9. The molecule has 4 heterocycles. The van der Waals surface area contributed by atoms with E-state index in [1.54, 1.807) is 12.4 Å². The topological polar surface area (TPSA) is 84.1 Å². The van der Waals surface area contributed by atoms with Crippen molar-refractivity contribution in [2.24, 2.45) is 0 Å². The molecule has 3 aromatic heterocycles. The number of piperazine rings is 1. The van der Waals surface area contributed by atoms with E-state index in [4.69, 9.17) is 5.73 Å². The second-order valence-corrected chi connectivity index (χ2v) is 6.29. The molecule has 0 saturated carbocycles. The molecule has 1 aliphatic rings. The van der Waals surface area contributed by atoms with Crippen LogP contribution in [0.15, 0.2) is 49.1 Å². The minimum Gasteiger partial charge on any atom is -0.368 e. The van der Waals surface area contributed by atoms with E-state index in [1.165, 1.54) is 0 Å². The Hall–Kier alpha value is -3.22. The number of rotatable bonds is 3. The normalized spacial score (nSPS) is 14.5. The Morgan fingerprint density at radius 3 is 2.23 bits per heavy atom. The number of nitrogen functional groups attached to an aromatic ring is 1. The number of aromatic nitrogens is 4. The molecule has 3 aromatic rings. The molecular weight excluding hydrogens is 326 g/mol. The van der Waals surface area contributed by atoms with Gasteiger partial charge >= 0.3 is 0 Å². The molecule has 1 saturated heterocycles. The first kappa shape index (κ1) is 16.3. The lowest BCUT2D eigenvalue weighted by Gasteiger charge is -2.37. The van der Waals surface area contributed by atoms with Crippen LogP contribution in [-0.4, -0.2) is 46.1 Å². The van der Waals surface area contributed by atoms with Crippen LogP contribution in [0.4, 0.5) is 17.5 Å². The summed E-state index contributed by atoms with van der Waals surface area (Å²) in [5.41, 5.74) is 9.98. The highest BCUT2D eigenvalue weighted by molar-refractivity contribution is 5.78. The lowest BCUT2D eigenvalue weighted by atomic mass is 10.1. The summed E-state index contributed by atoms with van der Waals surface area (Å²) in [6, 6.07) is 8.02. The predicted molar refractivity (Wildman–Crippen MR) is 103 cm³/mol. The van der Waals surface area contributed by atoms with Gasteiger partial charge in [-0.15, -0.1) is 0 Å². The molecule has 0 atom stereocenters. The van der Waals surface area contributed by atoms with Gasteiger partial charge < -0.3 is 15.5 Å². The number of nitrogens with zero attached hydrogens (tertiary/aromatic N) is 6. The lowest BCUT2D eigenvalue weighted by Crippen LogP contribution is -2.47. The zero-order valence-electron chi connectivity index (χ0n) is 14.7. The smallest absolute Gasteiger partial charge is 0.222 e. The fourth-order valence-electron chi connectivity index (χ4n) is 3.37. The summed E-state index contributed by atoms with van der Waals surface area (Å²) in [7, 11) is 0. The van der Waals surface area contributed by atoms with Gasteiger partial charge in [0.2, 0.25) is 5.95 Å². The molecule has 2 N–H and O–H groups in total. The molecule has 26 heavy (non-hydrogen) atoms. The number of pyridine rings is 2. The second-order valence-electron chi connectivity index (χ2n) is 6.29. The minimum atomic E-state index is 0.305. The first-order valence-electron chi connectivity index (χ1n) is 8.67. The molecule has 4 rings (SSSR count). The van der Waals surface area contributed by atoms with Crippen molar-refractivity contribution in [3.8, 4) is 11.1 Å². The van der Waals surface area contributed by atoms with Crippen molar-refractivity contribution in [1.82, 2.24) is 19.9 Å². The van der Waals surface area contributed by atoms with Crippen LogP contribution in [0.25, 0.3) is 11.1 Å². The quantitative estimate of drug-likeness (QED) is 0.777. The SMILES string of the molecule is Cc1nc(N)nc(N2CCN(c3cccnc3)CC2)c1-c1cccnc1. The summed E-state index contributed by atoms with van der Waals surface area (Å²) in [6.45, 7) is 5.49. The molecule has 0 bridgehead atoms. The molecule has 1 aliphatic heterocycles. The Kier molecular flexibility index (Phi) is 4.35. The van der Waals surface area contributed by atoms with Gasteiger partial charge in [0.05, 0.1) is 17.6 Å². The predicted octanol–water partition coefficient (Wildman–Crippen LogP) is 2.15. The average Bonchev–Trinajstić information content (AvgIpc) is 2.69. The fourth-order valence-corrected chi connectivity index (χ4v) is 3.37. The molecule has 0 unspecified atom stereocenters. The van der Waals surface area contributed by atoms with Crippen LogP contribution < -0.4 is 15.5 Å². The molecule has 0 aromatic carbocycles. The number of hydrogen-bond donors (Lipinski definition) is 1. The fraction of sp³-hybridized carbons (Fsp3) is 0.263. The maximum absolute atomic E-state index is 5.95. The lowest BCUT2D eigenvalue weighted by molar-refractivity contribution is 0.646. The number of hydrogen-bond acceptors (Lipinski definition) is 7. The number of aryl methyl sites for hydroxylation is 1. The monoisotopic (exact) mass is 347 g/mol. The number of nitrogens with two attached hydrogens (primary N) is 1. The van der Waals surface area contributed by atoms with Crippen molar-refractivity contribution in [2.45, 2.75) is 6.92 Å². The van der Waals surface area contributed by atoms with E-state index in [1.807, 2.05) is 37.5 Å². The zero-order valence-corrected chi connectivity index (χ0v) is 14.7. The van der Waals surface area contributed by atoms with Gasteiger partial charge in [-0.3, -0.25) is 9.97 Å². The Balaban J connectivity index is 1.63. The number of anilines is 3. The van der Waals surface area contributed by atoms with Crippen LogP contribution in [0.3, 0.4) is 0 Å². The van der Waals surface area contributed by atoms with E-state index in [0.29, 0.717) is 5.95 Å². The Morgan fingerprint density at radius 1 is 0.885 bits per heavy atom. The van der Waals surface area contributed by atoms with E-state index in [9.17, 15) is 0 Å². The maximum atomic E-state index is 5.95. The maximum Gasteiger partial charge on any atom is 0.222 e. The highest BCUT2D eigenvalue weighted by atomic mass is 15.3. The Morgan fingerprint density at radius 2 is 1.58 bits per heavy atom. The minimum absolute atomic E-state index is 0.305. The summed E-state index contributed by atoms with van der Waals surface area (Å²) in [4.78, 5) is 22.0. The molecule has 0 amide bonds. The van der Waals surface area contributed by atoms with Crippen molar-refractivity contribution in [3.05, 3.63) is 54.7 Å². The van der Waals surface area contributed by atoms with Gasteiger partial charge in [-0.1, -0.05) is 6.07 Å². The third kappa shape index (κ3) is 3.15. The summed E-state index contributed by atoms with van der Waals surface area (Å²) in [5, 5.41) is 0. The van der Waals surface area contributed by atoms with Crippen LogP contribution in [-0.2, 0) is 0 Å². The van der Waals surface area contributed by atoms with E-state index in [2.05, 4.69) is 35.8 Å². The van der Waals surface area contributed by atoms with Gasteiger partial charge in [-0.2, -0.15) is 4.98 Å². The molecule has 7 nitrogen and oxygen atoms in total. The highest BCUT2D eigenvalue weighted by Crippen LogP contribution is 2.32. The van der Waals surface area contributed by atoms with Gasteiger partial charge in [0.25, 0.3) is 0 Å².